The molecule has 0 aromatic heterocycles. The van der Waals surface area contributed by atoms with E-state index in [9.17, 15) is 31.1 Å². The van der Waals surface area contributed by atoms with Crippen molar-refractivity contribution in [1.29, 1.82) is 0 Å². The predicted octanol–water partition coefficient (Wildman–Crippen LogP) is 6.79. The molecule has 198 valence electrons. The molecule has 0 bridgehead atoms. The Labute approximate surface area is 210 Å². The zero-order chi connectivity index (χ0) is 27.5. The molecule has 2 aromatic rings. The first kappa shape index (κ1) is 28.2. The smallest absolute Gasteiger partial charge is 0.371 e. The van der Waals surface area contributed by atoms with Crippen molar-refractivity contribution >= 4 is 12.1 Å². The minimum absolute atomic E-state index is 0.0726. The van der Waals surface area contributed by atoms with Gasteiger partial charge in [0, 0.05) is 12.6 Å². The molecular weight excluding hydrogens is 498 g/mol. The fraction of sp³-hybridized carbons (Fsp3) is 0.333. The van der Waals surface area contributed by atoms with E-state index in [0.717, 1.165) is 0 Å². The first-order valence-electron chi connectivity index (χ1n) is 11.3. The lowest BCUT2D eigenvalue weighted by Crippen LogP contribution is -2.42. The van der Waals surface area contributed by atoms with Gasteiger partial charge >= 0.3 is 12.4 Å². The number of hydrogen-bond acceptors (Lipinski definition) is 3. The van der Waals surface area contributed by atoms with Crippen LogP contribution in [0.2, 0.25) is 0 Å². The molecule has 1 amide bonds. The van der Waals surface area contributed by atoms with Crippen LogP contribution < -0.4 is 5.32 Å². The van der Waals surface area contributed by atoms with Gasteiger partial charge in [0.05, 0.1) is 29.4 Å². The Bertz CT molecular complexity index is 1140. The van der Waals surface area contributed by atoms with E-state index in [-0.39, 0.29) is 30.6 Å². The molecular formula is C27H26F6N2O2. The van der Waals surface area contributed by atoms with Crippen molar-refractivity contribution in [3.05, 3.63) is 96.1 Å². The SMILES string of the molecule is C=C[C@@]1(C=N[C@](C=C)(COC(C)c2cc(C(F)(F)F)cc(C(F)(F)F)c2)c2ccccc2)CCC(=O)N1. The highest BCUT2D eigenvalue weighted by atomic mass is 19.4. The van der Waals surface area contributed by atoms with Gasteiger partial charge in [-0.1, -0.05) is 42.5 Å². The van der Waals surface area contributed by atoms with Gasteiger partial charge in [-0.2, -0.15) is 26.3 Å². The molecule has 1 aliphatic heterocycles. The van der Waals surface area contributed by atoms with Crippen molar-refractivity contribution in [3.8, 4) is 0 Å². The summed E-state index contributed by atoms with van der Waals surface area (Å²) in [5.74, 6) is -0.176. The molecule has 0 saturated carbocycles. The fourth-order valence-electron chi connectivity index (χ4n) is 3.95. The number of benzene rings is 2. The Balaban J connectivity index is 1.97. The monoisotopic (exact) mass is 524 g/mol. The van der Waals surface area contributed by atoms with Gasteiger partial charge < -0.3 is 10.1 Å². The standard InChI is InChI=1S/C27H26F6N2O2/c1-4-24(12-11-23(36)35-24)16-34-25(5-2,20-9-7-6-8-10-20)17-37-18(3)19-13-21(26(28,29)30)15-22(14-19)27(31,32)33/h4-10,13-16,18H,1-2,11-12,17H2,3H3,(H,35,36)/t18?,24-,25+/m0/s1. The normalized spacial score (nSPS) is 20.9. The van der Waals surface area contributed by atoms with Crippen molar-refractivity contribution in [3.63, 3.8) is 0 Å². The van der Waals surface area contributed by atoms with E-state index in [2.05, 4.69) is 23.5 Å². The van der Waals surface area contributed by atoms with Crippen LogP contribution in [0.15, 0.2) is 78.8 Å². The molecule has 0 aliphatic carbocycles. The number of aliphatic imine (C=N–C) groups is 1. The van der Waals surface area contributed by atoms with Gasteiger partial charge in [0.2, 0.25) is 5.91 Å². The summed E-state index contributed by atoms with van der Waals surface area (Å²) < 4.78 is 85.7. The summed E-state index contributed by atoms with van der Waals surface area (Å²) in [6.07, 6.45) is -5.87. The van der Waals surface area contributed by atoms with E-state index in [1.165, 1.54) is 19.2 Å². The summed E-state index contributed by atoms with van der Waals surface area (Å²) in [6, 6.07) is 10.1. The number of alkyl halides is 6. The number of carbonyl (C=O) groups excluding carboxylic acids is 1. The quantitative estimate of drug-likeness (QED) is 0.223. The lowest BCUT2D eigenvalue weighted by Gasteiger charge is -2.30. The Kier molecular flexibility index (Phi) is 8.02. The Morgan fingerprint density at radius 1 is 1.03 bits per heavy atom. The molecule has 2 aromatic carbocycles. The molecule has 1 aliphatic rings. The Hall–Kier alpha value is -3.40. The van der Waals surface area contributed by atoms with E-state index in [0.29, 0.717) is 24.1 Å². The van der Waals surface area contributed by atoms with Crippen LogP contribution in [-0.4, -0.2) is 24.3 Å². The van der Waals surface area contributed by atoms with Crippen LogP contribution in [0.1, 0.15) is 48.1 Å². The van der Waals surface area contributed by atoms with Crippen LogP contribution >= 0.6 is 0 Å². The number of ether oxygens (including phenoxy) is 1. The Morgan fingerprint density at radius 2 is 1.62 bits per heavy atom. The number of nitrogens with zero attached hydrogens (tertiary/aromatic N) is 1. The third-order valence-corrected chi connectivity index (χ3v) is 6.27. The second-order valence-electron chi connectivity index (χ2n) is 8.84. The molecule has 1 fully saturated rings. The van der Waals surface area contributed by atoms with Crippen molar-refractivity contribution in [2.24, 2.45) is 4.99 Å². The predicted molar refractivity (Wildman–Crippen MR) is 128 cm³/mol. The molecule has 1 heterocycles. The maximum atomic E-state index is 13.3. The fourth-order valence-corrected chi connectivity index (χ4v) is 3.95. The maximum absolute atomic E-state index is 13.3. The second-order valence-corrected chi connectivity index (χ2v) is 8.84. The van der Waals surface area contributed by atoms with Crippen molar-refractivity contribution in [2.75, 3.05) is 6.61 Å². The molecule has 10 heteroatoms. The van der Waals surface area contributed by atoms with Crippen molar-refractivity contribution in [1.82, 2.24) is 5.32 Å². The first-order chi connectivity index (χ1) is 17.2. The first-order valence-corrected chi connectivity index (χ1v) is 11.3. The minimum atomic E-state index is -4.97. The van der Waals surface area contributed by atoms with Crippen LogP contribution in [0.25, 0.3) is 0 Å². The van der Waals surface area contributed by atoms with Crippen LogP contribution in [0, 0.1) is 0 Å². The number of amides is 1. The van der Waals surface area contributed by atoms with E-state index < -0.39 is 40.7 Å². The summed E-state index contributed by atoms with van der Waals surface area (Å²) >= 11 is 0. The van der Waals surface area contributed by atoms with Gasteiger partial charge in [-0.3, -0.25) is 9.79 Å². The highest BCUT2D eigenvalue weighted by molar-refractivity contribution is 5.89. The molecule has 1 unspecified atom stereocenters. The van der Waals surface area contributed by atoms with Crippen molar-refractivity contribution in [2.45, 2.75) is 49.3 Å². The van der Waals surface area contributed by atoms with Gasteiger partial charge in [-0.15, -0.1) is 13.2 Å². The largest absolute Gasteiger partial charge is 0.416 e. The van der Waals surface area contributed by atoms with Gasteiger partial charge in [-0.25, -0.2) is 0 Å². The molecule has 0 radical (unpaired) electrons. The van der Waals surface area contributed by atoms with E-state index >= 15 is 0 Å². The summed E-state index contributed by atoms with van der Waals surface area (Å²) in [5.41, 5.74) is -4.68. The molecule has 4 nitrogen and oxygen atoms in total. The molecule has 3 atom stereocenters. The third-order valence-electron chi connectivity index (χ3n) is 6.27. The number of carbonyl (C=O) groups is 1. The van der Waals surface area contributed by atoms with E-state index in [1.807, 2.05) is 0 Å². The molecule has 1 N–H and O–H groups in total. The van der Waals surface area contributed by atoms with Crippen molar-refractivity contribution < 1.29 is 35.9 Å². The molecule has 0 spiro atoms. The van der Waals surface area contributed by atoms with Gasteiger partial charge in [0.1, 0.15) is 5.54 Å². The topological polar surface area (TPSA) is 50.7 Å². The van der Waals surface area contributed by atoms with Crippen LogP contribution in [-0.2, 0) is 27.4 Å². The highest BCUT2D eigenvalue weighted by Crippen LogP contribution is 2.39. The van der Waals surface area contributed by atoms with Gasteiger partial charge in [0.15, 0.2) is 0 Å². The average molecular weight is 525 g/mol. The minimum Gasteiger partial charge on any atom is -0.371 e. The third kappa shape index (κ3) is 6.49. The van der Waals surface area contributed by atoms with Crippen LogP contribution in [0.4, 0.5) is 26.3 Å². The van der Waals surface area contributed by atoms with Crippen LogP contribution in [0.5, 0.6) is 0 Å². The summed E-state index contributed by atoms with van der Waals surface area (Å²) in [5, 5.41) is 2.80. The number of rotatable bonds is 9. The zero-order valence-electron chi connectivity index (χ0n) is 20.0. The molecule has 1 saturated heterocycles. The summed E-state index contributed by atoms with van der Waals surface area (Å²) in [7, 11) is 0. The molecule has 3 rings (SSSR count). The second kappa shape index (κ2) is 10.5. The summed E-state index contributed by atoms with van der Waals surface area (Å²) in [4.78, 5) is 16.5. The highest BCUT2D eigenvalue weighted by Gasteiger charge is 2.38. The van der Waals surface area contributed by atoms with Crippen LogP contribution in [0.3, 0.4) is 0 Å². The number of halogens is 6. The maximum Gasteiger partial charge on any atom is 0.416 e. The van der Waals surface area contributed by atoms with E-state index in [1.54, 1.807) is 36.4 Å². The number of hydrogen-bond donors (Lipinski definition) is 1. The average Bonchev–Trinajstić information content (AvgIpc) is 3.24. The van der Waals surface area contributed by atoms with Gasteiger partial charge in [-0.05, 0) is 42.7 Å². The molecule has 37 heavy (non-hydrogen) atoms. The number of nitrogens with one attached hydrogen (secondary N) is 1. The van der Waals surface area contributed by atoms with Gasteiger partial charge in [0.25, 0.3) is 0 Å². The zero-order valence-corrected chi connectivity index (χ0v) is 20.0. The lowest BCUT2D eigenvalue weighted by atomic mass is 9.90. The Morgan fingerprint density at radius 3 is 2.08 bits per heavy atom. The summed E-state index contributed by atoms with van der Waals surface area (Å²) in [6.45, 7) is 8.74. The van der Waals surface area contributed by atoms with E-state index in [4.69, 9.17) is 4.74 Å². The lowest BCUT2D eigenvalue weighted by molar-refractivity contribution is -0.143.